The van der Waals surface area contributed by atoms with Gasteiger partial charge in [0.1, 0.15) is 5.82 Å². The largest absolute Gasteiger partial charge is 0.343 e. The van der Waals surface area contributed by atoms with E-state index in [9.17, 15) is 4.39 Å². The fourth-order valence-electron chi connectivity index (χ4n) is 2.14. The lowest BCUT2D eigenvalue weighted by atomic mass is 10.2. The zero-order valence-corrected chi connectivity index (χ0v) is 12.2. The molecular weight excluding hydrogens is 329 g/mol. The Kier molecular flexibility index (Phi) is 3.33. The van der Waals surface area contributed by atoms with E-state index in [0.29, 0.717) is 17.1 Å². The summed E-state index contributed by atoms with van der Waals surface area (Å²) >= 11 is 9.22. The van der Waals surface area contributed by atoms with Gasteiger partial charge in [-0.15, -0.1) is 0 Å². The standard InChI is InChI=1S/C15H10BrClFN/c16-12-2-1-11(14(18)8-12)9-19-6-5-10-7-13(17)3-4-15(10)19/h1-8H,9H2. The highest BCUT2D eigenvalue weighted by Gasteiger charge is 2.06. The molecule has 0 aliphatic rings. The lowest BCUT2D eigenvalue weighted by Crippen LogP contribution is -2.00. The summed E-state index contributed by atoms with van der Waals surface area (Å²) in [5.41, 5.74) is 1.71. The second-order valence-corrected chi connectivity index (χ2v) is 5.73. The zero-order chi connectivity index (χ0) is 13.4. The van der Waals surface area contributed by atoms with Crippen LogP contribution in [0.2, 0.25) is 5.02 Å². The molecule has 0 fully saturated rings. The first-order valence-corrected chi connectivity index (χ1v) is 6.99. The Hall–Kier alpha value is -1.32. The monoisotopic (exact) mass is 337 g/mol. The highest BCUT2D eigenvalue weighted by atomic mass is 79.9. The Morgan fingerprint density at radius 1 is 1.11 bits per heavy atom. The van der Waals surface area contributed by atoms with Gasteiger partial charge in [0.25, 0.3) is 0 Å². The predicted molar refractivity (Wildman–Crippen MR) is 80.2 cm³/mol. The molecule has 0 saturated carbocycles. The minimum atomic E-state index is -0.204. The summed E-state index contributed by atoms with van der Waals surface area (Å²) in [4.78, 5) is 0. The maximum atomic E-state index is 13.8. The Labute approximate surface area is 123 Å². The molecule has 0 bridgehead atoms. The third kappa shape index (κ3) is 2.53. The minimum Gasteiger partial charge on any atom is -0.343 e. The van der Waals surface area contributed by atoms with Gasteiger partial charge < -0.3 is 4.57 Å². The van der Waals surface area contributed by atoms with Gasteiger partial charge in [-0.2, -0.15) is 0 Å². The fourth-order valence-corrected chi connectivity index (χ4v) is 2.66. The average Bonchev–Trinajstić information content (AvgIpc) is 2.75. The van der Waals surface area contributed by atoms with E-state index in [1.807, 2.05) is 41.1 Å². The van der Waals surface area contributed by atoms with Crippen LogP contribution in [0.3, 0.4) is 0 Å². The summed E-state index contributed by atoms with van der Waals surface area (Å²) in [7, 11) is 0. The molecule has 0 spiro atoms. The van der Waals surface area contributed by atoms with Gasteiger partial charge in [0.2, 0.25) is 0 Å². The molecule has 2 aromatic carbocycles. The summed E-state index contributed by atoms with van der Waals surface area (Å²) < 4.78 is 16.6. The van der Waals surface area contributed by atoms with E-state index in [1.54, 1.807) is 6.07 Å². The van der Waals surface area contributed by atoms with Crippen molar-refractivity contribution in [2.75, 3.05) is 0 Å². The second kappa shape index (κ2) is 4.99. The molecule has 0 radical (unpaired) electrons. The van der Waals surface area contributed by atoms with Gasteiger partial charge in [-0.25, -0.2) is 4.39 Å². The van der Waals surface area contributed by atoms with E-state index in [4.69, 9.17) is 11.6 Å². The van der Waals surface area contributed by atoms with E-state index in [1.165, 1.54) is 6.07 Å². The van der Waals surface area contributed by atoms with Crippen LogP contribution in [-0.4, -0.2) is 4.57 Å². The molecule has 0 saturated heterocycles. The van der Waals surface area contributed by atoms with Crippen LogP contribution in [0.25, 0.3) is 10.9 Å². The first-order chi connectivity index (χ1) is 9.13. The van der Waals surface area contributed by atoms with Gasteiger partial charge in [-0.1, -0.05) is 33.6 Å². The lowest BCUT2D eigenvalue weighted by molar-refractivity contribution is 0.601. The molecule has 19 heavy (non-hydrogen) atoms. The zero-order valence-electron chi connectivity index (χ0n) is 9.91. The van der Waals surface area contributed by atoms with Gasteiger partial charge in [0.05, 0.1) is 6.54 Å². The first kappa shape index (κ1) is 12.7. The van der Waals surface area contributed by atoms with Crippen LogP contribution in [0, 0.1) is 5.82 Å². The van der Waals surface area contributed by atoms with Crippen LogP contribution < -0.4 is 0 Å². The fraction of sp³-hybridized carbons (Fsp3) is 0.0667. The number of halogens is 3. The Balaban J connectivity index is 2.01. The summed E-state index contributed by atoms with van der Waals surface area (Å²) in [6.07, 6.45) is 1.95. The second-order valence-electron chi connectivity index (χ2n) is 4.38. The van der Waals surface area contributed by atoms with Crippen molar-refractivity contribution in [3.8, 4) is 0 Å². The van der Waals surface area contributed by atoms with Crippen LogP contribution in [0.1, 0.15) is 5.56 Å². The number of aromatic nitrogens is 1. The third-order valence-corrected chi connectivity index (χ3v) is 3.82. The number of nitrogens with zero attached hydrogens (tertiary/aromatic N) is 1. The van der Waals surface area contributed by atoms with Crippen molar-refractivity contribution in [1.29, 1.82) is 0 Å². The van der Waals surface area contributed by atoms with Crippen LogP contribution >= 0.6 is 27.5 Å². The lowest BCUT2D eigenvalue weighted by Gasteiger charge is -2.07. The summed E-state index contributed by atoms with van der Waals surface area (Å²) in [6, 6.07) is 12.8. The number of hydrogen-bond acceptors (Lipinski definition) is 0. The third-order valence-electron chi connectivity index (χ3n) is 3.09. The van der Waals surface area contributed by atoms with Crippen molar-refractivity contribution < 1.29 is 4.39 Å². The number of benzene rings is 2. The van der Waals surface area contributed by atoms with Gasteiger partial charge in [0, 0.05) is 32.2 Å². The minimum absolute atomic E-state index is 0.204. The quantitative estimate of drug-likeness (QED) is 0.602. The van der Waals surface area contributed by atoms with Gasteiger partial charge in [0.15, 0.2) is 0 Å². The van der Waals surface area contributed by atoms with Crippen molar-refractivity contribution in [3.05, 3.63) is 69.5 Å². The number of fused-ring (bicyclic) bond motifs is 1. The molecule has 0 aliphatic heterocycles. The maximum absolute atomic E-state index is 13.8. The smallest absolute Gasteiger partial charge is 0.129 e. The Morgan fingerprint density at radius 3 is 2.74 bits per heavy atom. The number of hydrogen-bond donors (Lipinski definition) is 0. The molecule has 4 heteroatoms. The predicted octanol–water partition coefficient (Wildman–Crippen LogP) is 5.24. The highest BCUT2D eigenvalue weighted by molar-refractivity contribution is 9.10. The SMILES string of the molecule is Fc1cc(Br)ccc1Cn1ccc2cc(Cl)ccc21. The van der Waals surface area contributed by atoms with E-state index in [2.05, 4.69) is 15.9 Å². The van der Waals surface area contributed by atoms with E-state index in [-0.39, 0.29) is 5.82 Å². The van der Waals surface area contributed by atoms with Gasteiger partial charge in [-0.05, 0) is 36.4 Å². The van der Waals surface area contributed by atoms with E-state index < -0.39 is 0 Å². The molecule has 1 heterocycles. The molecule has 0 atom stereocenters. The van der Waals surface area contributed by atoms with E-state index >= 15 is 0 Å². The van der Waals surface area contributed by atoms with Crippen molar-refractivity contribution in [2.24, 2.45) is 0 Å². The van der Waals surface area contributed by atoms with Crippen molar-refractivity contribution in [2.45, 2.75) is 6.54 Å². The molecule has 96 valence electrons. The summed E-state index contributed by atoms with van der Waals surface area (Å²) in [6.45, 7) is 0.504. The van der Waals surface area contributed by atoms with Crippen LogP contribution in [0.4, 0.5) is 4.39 Å². The van der Waals surface area contributed by atoms with Crippen molar-refractivity contribution >= 4 is 38.4 Å². The molecule has 1 nitrogen and oxygen atoms in total. The Morgan fingerprint density at radius 2 is 1.95 bits per heavy atom. The molecule has 0 N–H and O–H groups in total. The summed E-state index contributed by atoms with van der Waals surface area (Å²) in [5.74, 6) is -0.204. The van der Waals surface area contributed by atoms with Crippen molar-refractivity contribution in [3.63, 3.8) is 0 Å². The highest BCUT2D eigenvalue weighted by Crippen LogP contribution is 2.22. The van der Waals surface area contributed by atoms with Crippen LogP contribution in [-0.2, 0) is 6.54 Å². The maximum Gasteiger partial charge on any atom is 0.129 e. The molecule has 3 rings (SSSR count). The average molecular weight is 339 g/mol. The van der Waals surface area contributed by atoms with E-state index in [0.717, 1.165) is 15.4 Å². The van der Waals surface area contributed by atoms with Crippen molar-refractivity contribution in [1.82, 2.24) is 4.57 Å². The summed E-state index contributed by atoms with van der Waals surface area (Å²) in [5, 5.41) is 1.77. The van der Waals surface area contributed by atoms with Crippen LogP contribution in [0.5, 0.6) is 0 Å². The Bertz CT molecular complexity index is 751. The molecule has 0 unspecified atom stereocenters. The van der Waals surface area contributed by atoms with Gasteiger partial charge in [-0.3, -0.25) is 0 Å². The van der Waals surface area contributed by atoms with Gasteiger partial charge >= 0.3 is 0 Å². The van der Waals surface area contributed by atoms with Crippen LogP contribution in [0.15, 0.2) is 53.1 Å². The number of rotatable bonds is 2. The molecule has 0 aliphatic carbocycles. The topological polar surface area (TPSA) is 4.93 Å². The first-order valence-electron chi connectivity index (χ1n) is 5.82. The molecule has 3 aromatic rings. The normalized spacial score (nSPS) is 11.1. The molecule has 0 amide bonds. The molecule has 1 aromatic heterocycles. The molecular formula is C15H10BrClFN.